The van der Waals surface area contributed by atoms with Crippen LogP contribution in [0.5, 0.6) is 0 Å². The van der Waals surface area contributed by atoms with Crippen LogP contribution >= 0.6 is 15.9 Å². The summed E-state index contributed by atoms with van der Waals surface area (Å²) in [5, 5.41) is 22.3. The van der Waals surface area contributed by atoms with Crippen molar-refractivity contribution in [2.24, 2.45) is 0 Å². The zero-order valence-electron chi connectivity index (χ0n) is 9.39. The number of benzene rings is 1. The van der Waals surface area contributed by atoms with Crippen LogP contribution in [0.3, 0.4) is 0 Å². The number of halogens is 1. The fraction of sp³-hybridized carbons (Fsp3) is 0.333. The van der Waals surface area contributed by atoms with Gasteiger partial charge >= 0.3 is 0 Å². The van der Waals surface area contributed by atoms with Crippen molar-refractivity contribution >= 4 is 27.7 Å². The number of hydrogen-bond acceptors (Lipinski definition) is 4. The molecule has 0 radical (unpaired) electrons. The highest BCUT2D eigenvalue weighted by Crippen LogP contribution is 2.24. The van der Waals surface area contributed by atoms with Crippen molar-refractivity contribution in [3.8, 4) is 0 Å². The molecule has 0 saturated heterocycles. The maximum absolute atomic E-state index is 11.5. The molecule has 1 aliphatic rings. The molecule has 0 saturated carbocycles. The van der Waals surface area contributed by atoms with Gasteiger partial charge in [-0.2, -0.15) is 0 Å². The molecule has 2 amide bonds. The normalized spacial score (nSPS) is 17.3. The van der Waals surface area contributed by atoms with Gasteiger partial charge in [0, 0.05) is 5.33 Å². The smallest absolute Gasteiger partial charge is 0.258 e. The number of carbonyl (C=O) groups excluding carboxylic acids is 2. The van der Waals surface area contributed by atoms with Gasteiger partial charge < -0.3 is 10.2 Å². The van der Waals surface area contributed by atoms with Gasteiger partial charge in [-0.3, -0.25) is 14.9 Å². The SMILES string of the molecule is O=C1NC(=O)c2cc(C(O)C(O)CCBr)ccc21. The molecule has 6 heteroatoms. The Hall–Kier alpha value is -1.24. The van der Waals surface area contributed by atoms with E-state index in [0.29, 0.717) is 22.9 Å². The lowest BCUT2D eigenvalue weighted by atomic mass is 9.98. The second-order valence-corrected chi connectivity index (χ2v) is 4.87. The molecule has 2 atom stereocenters. The van der Waals surface area contributed by atoms with Crippen LogP contribution in [0.4, 0.5) is 0 Å². The maximum Gasteiger partial charge on any atom is 0.258 e. The Labute approximate surface area is 112 Å². The van der Waals surface area contributed by atoms with Gasteiger partial charge in [0.1, 0.15) is 6.10 Å². The number of amides is 2. The highest BCUT2D eigenvalue weighted by atomic mass is 79.9. The molecule has 1 aromatic rings. The first-order valence-electron chi connectivity index (χ1n) is 5.46. The van der Waals surface area contributed by atoms with Crippen LogP contribution in [-0.4, -0.2) is 33.5 Å². The van der Waals surface area contributed by atoms with Crippen LogP contribution in [0.1, 0.15) is 38.8 Å². The monoisotopic (exact) mass is 313 g/mol. The van der Waals surface area contributed by atoms with Crippen LogP contribution in [0.15, 0.2) is 18.2 Å². The minimum Gasteiger partial charge on any atom is -0.390 e. The van der Waals surface area contributed by atoms with Gasteiger partial charge in [-0.25, -0.2) is 0 Å². The standard InChI is InChI=1S/C12H12BrNO4/c13-4-3-9(15)10(16)6-1-2-7-8(5-6)12(18)14-11(7)17/h1-2,5,9-10,15-16H,3-4H2,(H,14,17,18). The molecule has 1 aliphatic heterocycles. The average molecular weight is 314 g/mol. The highest BCUT2D eigenvalue weighted by Gasteiger charge is 2.28. The molecule has 0 fully saturated rings. The molecule has 5 nitrogen and oxygen atoms in total. The Kier molecular flexibility index (Phi) is 3.79. The van der Waals surface area contributed by atoms with Crippen molar-refractivity contribution < 1.29 is 19.8 Å². The van der Waals surface area contributed by atoms with Gasteiger partial charge in [-0.15, -0.1) is 0 Å². The number of alkyl halides is 1. The number of nitrogens with one attached hydrogen (secondary N) is 1. The van der Waals surface area contributed by atoms with Gasteiger partial charge in [0.2, 0.25) is 0 Å². The third kappa shape index (κ3) is 2.31. The van der Waals surface area contributed by atoms with Crippen LogP contribution in [0.2, 0.25) is 0 Å². The molecule has 18 heavy (non-hydrogen) atoms. The van der Waals surface area contributed by atoms with E-state index in [0.717, 1.165) is 0 Å². The van der Waals surface area contributed by atoms with Crippen LogP contribution in [0.25, 0.3) is 0 Å². The second-order valence-electron chi connectivity index (χ2n) is 4.08. The first-order valence-corrected chi connectivity index (χ1v) is 6.58. The molecule has 96 valence electrons. The van der Waals surface area contributed by atoms with E-state index in [2.05, 4.69) is 21.2 Å². The molecule has 0 spiro atoms. The fourth-order valence-corrected chi connectivity index (χ4v) is 2.33. The van der Waals surface area contributed by atoms with E-state index in [9.17, 15) is 19.8 Å². The van der Waals surface area contributed by atoms with E-state index < -0.39 is 24.0 Å². The summed E-state index contributed by atoms with van der Waals surface area (Å²) >= 11 is 3.18. The quantitative estimate of drug-likeness (QED) is 0.565. The Morgan fingerprint density at radius 3 is 2.50 bits per heavy atom. The van der Waals surface area contributed by atoms with Gasteiger partial charge in [0.25, 0.3) is 11.8 Å². The van der Waals surface area contributed by atoms with E-state index in [-0.39, 0.29) is 5.56 Å². The Balaban J connectivity index is 2.29. The van der Waals surface area contributed by atoms with Gasteiger partial charge in [-0.1, -0.05) is 22.0 Å². The van der Waals surface area contributed by atoms with Crippen LogP contribution in [0, 0.1) is 0 Å². The van der Waals surface area contributed by atoms with E-state index in [1.54, 1.807) is 6.07 Å². The van der Waals surface area contributed by atoms with Crippen LogP contribution < -0.4 is 5.32 Å². The van der Waals surface area contributed by atoms with Crippen molar-refractivity contribution in [2.75, 3.05) is 5.33 Å². The van der Waals surface area contributed by atoms with E-state index >= 15 is 0 Å². The fourth-order valence-electron chi connectivity index (χ4n) is 1.86. The van der Waals surface area contributed by atoms with E-state index in [1.807, 2.05) is 0 Å². The molecular weight excluding hydrogens is 302 g/mol. The van der Waals surface area contributed by atoms with Crippen LogP contribution in [-0.2, 0) is 0 Å². The average Bonchev–Trinajstić information content (AvgIpc) is 2.64. The highest BCUT2D eigenvalue weighted by molar-refractivity contribution is 9.09. The van der Waals surface area contributed by atoms with Crippen molar-refractivity contribution in [3.63, 3.8) is 0 Å². The molecule has 0 aliphatic carbocycles. The zero-order valence-corrected chi connectivity index (χ0v) is 11.0. The lowest BCUT2D eigenvalue weighted by Crippen LogP contribution is -2.20. The molecule has 3 N–H and O–H groups in total. The maximum atomic E-state index is 11.5. The largest absolute Gasteiger partial charge is 0.390 e. The van der Waals surface area contributed by atoms with Crippen molar-refractivity contribution in [2.45, 2.75) is 18.6 Å². The molecule has 2 unspecified atom stereocenters. The predicted molar refractivity (Wildman–Crippen MR) is 67.6 cm³/mol. The lowest BCUT2D eigenvalue weighted by molar-refractivity contribution is 0.0173. The Morgan fingerprint density at radius 2 is 1.83 bits per heavy atom. The number of rotatable bonds is 4. The molecule has 0 aromatic heterocycles. The summed E-state index contributed by atoms with van der Waals surface area (Å²) in [4.78, 5) is 22.8. The number of aliphatic hydroxyl groups is 2. The third-order valence-corrected chi connectivity index (χ3v) is 3.33. The third-order valence-electron chi connectivity index (χ3n) is 2.87. The number of carbonyl (C=O) groups is 2. The summed E-state index contributed by atoms with van der Waals surface area (Å²) in [6.07, 6.45) is -1.59. The van der Waals surface area contributed by atoms with Gasteiger partial charge in [0.05, 0.1) is 17.2 Å². The lowest BCUT2D eigenvalue weighted by Gasteiger charge is -2.17. The van der Waals surface area contributed by atoms with Crippen molar-refractivity contribution in [3.05, 3.63) is 34.9 Å². The summed E-state index contributed by atoms with van der Waals surface area (Å²) in [6.45, 7) is 0. The van der Waals surface area contributed by atoms with Crippen molar-refractivity contribution in [1.29, 1.82) is 0 Å². The number of fused-ring (bicyclic) bond motifs is 1. The Morgan fingerprint density at radius 1 is 1.17 bits per heavy atom. The molecule has 1 aromatic carbocycles. The Bertz CT molecular complexity index is 503. The minimum atomic E-state index is -1.07. The number of imide groups is 1. The molecule has 1 heterocycles. The van der Waals surface area contributed by atoms with E-state index in [1.165, 1.54) is 12.1 Å². The molecule has 0 bridgehead atoms. The summed E-state index contributed by atoms with van der Waals surface area (Å²) < 4.78 is 0. The topological polar surface area (TPSA) is 86.6 Å². The summed E-state index contributed by atoms with van der Waals surface area (Å²) in [5.74, 6) is -0.906. The number of aliphatic hydroxyl groups excluding tert-OH is 2. The predicted octanol–water partition coefficient (Wildman–Crippen LogP) is 0.749. The first-order chi connectivity index (χ1) is 8.54. The van der Waals surface area contributed by atoms with Crippen molar-refractivity contribution in [1.82, 2.24) is 5.32 Å². The molecule has 2 rings (SSSR count). The second kappa shape index (κ2) is 5.17. The minimum absolute atomic E-state index is 0.239. The summed E-state index contributed by atoms with van der Waals surface area (Å²) in [6, 6.07) is 4.46. The van der Waals surface area contributed by atoms with Gasteiger partial charge in [0.15, 0.2) is 0 Å². The zero-order chi connectivity index (χ0) is 13.3. The van der Waals surface area contributed by atoms with E-state index in [4.69, 9.17) is 0 Å². The van der Waals surface area contributed by atoms with Gasteiger partial charge in [-0.05, 0) is 24.1 Å². The molecular formula is C12H12BrNO4. The summed E-state index contributed by atoms with van der Waals surface area (Å²) in [5.41, 5.74) is 0.959. The first kappa shape index (κ1) is 13.2. The summed E-state index contributed by atoms with van der Waals surface area (Å²) in [7, 11) is 0. The number of hydrogen-bond donors (Lipinski definition) is 3.